The maximum Gasteiger partial charge on any atom is 0.0724 e. The molecule has 0 aliphatic carbocycles. The van der Waals surface area contributed by atoms with E-state index in [1.165, 1.54) is 11.1 Å². The van der Waals surface area contributed by atoms with Gasteiger partial charge in [0.1, 0.15) is 0 Å². The monoisotopic (exact) mass is 214 g/mol. The Hall–Kier alpha value is -0.340. The second-order valence-electron chi connectivity index (χ2n) is 2.53. The summed E-state index contributed by atoms with van der Waals surface area (Å²) in [6.45, 7) is 2.74. The van der Waals surface area contributed by atoms with Gasteiger partial charge >= 0.3 is 0 Å². The first-order chi connectivity index (χ1) is 5.24. The molecule has 0 aliphatic rings. The summed E-state index contributed by atoms with van der Waals surface area (Å²) in [4.78, 5) is 0. The Morgan fingerprint density at radius 3 is 2.82 bits per heavy atom. The Morgan fingerprint density at radius 1 is 1.45 bits per heavy atom. The van der Waals surface area contributed by atoms with Crippen molar-refractivity contribution in [1.82, 2.24) is 0 Å². The lowest BCUT2D eigenvalue weighted by molar-refractivity contribution is 0.184. The third kappa shape index (κ3) is 2.31. The van der Waals surface area contributed by atoms with E-state index in [2.05, 4.69) is 35.0 Å². The van der Waals surface area contributed by atoms with Gasteiger partial charge in [-0.1, -0.05) is 33.6 Å². The molecule has 0 heterocycles. The summed E-state index contributed by atoms with van der Waals surface area (Å²) in [5, 5.41) is 0. The van der Waals surface area contributed by atoms with Gasteiger partial charge in [-0.3, -0.25) is 0 Å². The smallest absolute Gasteiger partial charge is 0.0724 e. The van der Waals surface area contributed by atoms with Crippen LogP contribution in [0.15, 0.2) is 22.7 Å². The average Bonchev–Trinajstić information content (AvgIpc) is 1.98. The molecule has 1 aromatic rings. The van der Waals surface area contributed by atoms with Crippen LogP contribution in [0.3, 0.4) is 0 Å². The van der Waals surface area contributed by atoms with Gasteiger partial charge < -0.3 is 4.74 Å². The highest BCUT2D eigenvalue weighted by atomic mass is 79.9. The number of hydrogen-bond acceptors (Lipinski definition) is 1. The second kappa shape index (κ2) is 3.88. The molecule has 1 nitrogen and oxygen atoms in total. The molecule has 1 aromatic carbocycles. The van der Waals surface area contributed by atoms with E-state index in [0.717, 1.165) is 4.47 Å². The fourth-order valence-electron chi connectivity index (χ4n) is 0.970. The summed E-state index contributed by atoms with van der Waals surface area (Å²) in [6, 6.07) is 6.24. The maximum atomic E-state index is 5.03. The van der Waals surface area contributed by atoms with E-state index in [4.69, 9.17) is 4.74 Å². The van der Waals surface area contributed by atoms with Crippen LogP contribution in [0.1, 0.15) is 11.1 Å². The predicted molar refractivity (Wildman–Crippen MR) is 49.6 cm³/mol. The molecule has 0 radical (unpaired) electrons. The van der Waals surface area contributed by atoms with Gasteiger partial charge in [0.15, 0.2) is 0 Å². The first-order valence-electron chi connectivity index (χ1n) is 3.48. The number of aryl methyl sites for hydroxylation is 1. The van der Waals surface area contributed by atoms with Crippen molar-refractivity contribution in [3.05, 3.63) is 33.8 Å². The summed E-state index contributed by atoms with van der Waals surface area (Å²) in [5.41, 5.74) is 2.47. The van der Waals surface area contributed by atoms with E-state index in [-0.39, 0.29) is 0 Å². The molecule has 0 N–H and O–H groups in total. The summed E-state index contributed by atoms with van der Waals surface area (Å²) < 4.78 is 6.15. The molecule has 0 bridgehead atoms. The molecule has 11 heavy (non-hydrogen) atoms. The molecule has 2 heteroatoms. The van der Waals surface area contributed by atoms with Crippen LogP contribution in [0.4, 0.5) is 0 Å². The van der Waals surface area contributed by atoms with E-state index in [0.29, 0.717) is 6.61 Å². The molecular weight excluding hydrogens is 204 g/mol. The van der Waals surface area contributed by atoms with Crippen molar-refractivity contribution in [2.24, 2.45) is 0 Å². The molecule has 0 aromatic heterocycles. The van der Waals surface area contributed by atoms with Crippen molar-refractivity contribution in [3.8, 4) is 0 Å². The number of benzene rings is 1. The number of methoxy groups -OCH3 is 1. The fourth-order valence-corrected chi connectivity index (χ4v) is 1.33. The zero-order valence-corrected chi connectivity index (χ0v) is 8.31. The van der Waals surface area contributed by atoms with Crippen LogP contribution in [-0.4, -0.2) is 7.11 Å². The van der Waals surface area contributed by atoms with Gasteiger partial charge in [0, 0.05) is 11.6 Å². The largest absolute Gasteiger partial charge is 0.380 e. The molecule has 0 unspecified atom stereocenters. The SMILES string of the molecule is COCc1cc(C)ccc1Br. The zero-order valence-electron chi connectivity index (χ0n) is 6.73. The topological polar surface area (TPSA) is 9.23 Å². The molecule has 0 atom stereocenters. The third-order valence-electron chi connectivity index (χ3n) is 1.50. The predicted octanol–water partition coefficient (Wildman–Crippen LogP) is 2.90. The third-order valence-corrected chi connectivity index (χ3v) is 2.27. The quantitative estimate of drug-likeness (QED) is 0.736. The summed E-state index contributed by atoms with van der Waals surface area (Å²) >= 11 is 3.45. The Bertz CT molecular complexity index is 245. The number of ether oxygens (including phenoxy) is 1. The number of rotatable bonds is 2. The van der Waals surface area contributed by atoms with E-state index >= 15 is 0 Å². The van der Waals surface area contributed by atoms with Gasteiger partial charge in [-0.2, -0.15) is 0 Å². The highest BCUT2D eigenvalue weighted by Crippen LogP contribution is 2.18. The maximum absolute atomic E-state index is 5.03. The first kappa shape index (κ1) is 8.75. The highest BCUT2D eigenvalue weighted by molar-refractivity contribution is 9.10. The van der Waals surface area contributed by atoms with E-state index in [1.807, 2.05) is 6.07 Å². The Labute approximate surface area is 75.5 Å². The minimum Gasteiger partial charge on any atom is -0.380 e. The van der Waals surface area contributed by atoms with Crippen LogP contribution in [-0.2, 0) is 11.3 Å². The standard InChI is InChI=1S/C9H11BrO/c1-7-3-4-9(10)8(5-7)6-11-2/h3-5H,6H2,1-2H3. The average molecular weight is 215 g/mol. The number of hydrogen-bond donors (Lipinski definition) is 0. The molecule has 60 valence electrons. The van der Waals surface area contributed by atoms with Gasteiger partial charge in [0.05, 0.1) is 6.61 Å². The molecule has 0 amide bonds. The summed E-state index contributed by atoms with van der Waals surface area (Å²) in [5.74, 6) is 0. The van der Waals surface area contributed by atoms with Crippen molar-refractivity contribution in [2.75, 3.05) is 7.11 Å². The van der Waals surface area contributed by atoms with Crippen molar-refractivity contribution < 1.29 is 4.74 Å². The van der Waals surface area contributed by atoms with Crippen LogP contribution in [0.5, 0.6) is 0 Å². The molecule has 1 rings (SSSR count). The Balaban J connectivity index is 2.93. The van der Waals surface area contributed by atoms with Crippen molar-refractivity contribution in [1.29, 1.82) is 0 Å². The van der Waals surface area contributed by atoms with Crippen LogP contribution in [0.2, 0.25) is 0 Å². The zero-order chi connectivity index (χ0) is 8.27. The number of halogens is 1. The van der Waals surface area contributed by atoms with Crippen molar-refractivity contribution >= 4 is 15.9 Å². The lowest BCUT2D eigenvalue weighted by Gasteiger charge is -2.03. The second-order valence-corrected chi connectivity index (χ2v) is 3.38. The van der Waals surface area contributed by atoms with Gasteiger partial charge in [-0.25, -0.2) is 0 Å². The van der Waals surface area contributed by atoms with Gasteiger partial charge in [-0.05, 0) is 18.6 Å². The first-order valence-corrected chi connectivity index (χ1v) is 4.27. The van der Waals surface area contributed by atoms with Crippen LogP contribution in [0, 0.1) is 6.92 Å². The molecule has 0 saturated carbocycles. The Morgan fingerprint density at radius 2 is 2.18 bits per heavy atom. The van der Waals surface area contributed by atoms with Crippen molar-refractivity contribution in [2.45, 2.75) is 13.5 Å². The Kier molecular flexibility index (Phi) is 3.09. The lowest BCUT2D eigenvalue weighted by Crippen LogP contribution is -1.89. The normalized spacial score (nSPS) is 10.1. The molecule has 0 spiro atoms. The van der Waals surface area contributed by atoms with Crippen LogP contribution >= 0.6 is 15.9 Å². The van der Waals surface area contributed by atoms with Crippen LogP contribution in [0.25, 0.3) is 0 Å². The molecule has 0 saturated heterocycles. The van der Waals surface area contributed by atoms with E-state index < -0.39 is 0 Å². The van der Waals surface area contributed by atoms with E-state index in [1.54, 1.807) is 7.11 Å². The fraction of sp³-hybridized carbons (Fsp3) is 0.333. The van der Waals surface area contributed by atoms with Gasteiger partial charge in [0.25, 0.3) is 0 Å². The summed E-state index contributed by atoms with van der Waals surface area (Å²) in [7, 11) is 1.70. The van der Waals surface area contributed by atoms with Gasteiger partial charge in [0.2, 0.25) is 0 Å². The summed E-state index contributed by atoms with van der Waals surface area (Å²) in [6.07, 6.45) is 0. The molecule has 0 aliphatic heterocycles. The van der Waals surface area contributed by atoms with E-state index in [9.17, 15) is 0 Å². The molecule has 0 fully saturated rings. The van der Waals surface area contributed by atoms with Gasteiger partial charge in [-0.15, -0.1) is 0 Å². The highest BCUT2D eigenvalue weighted by Gasteiger charge is 1.97. The minimum absolute atomic E-state index is 0.669. The molecular formula is C9H11BrO. The van der Waals surface area contributed by atoms with Crippen molar-refractivity contribution in [3.63, 3.8) is 0 Å². The van der Waals surface area contributed by atoms with Crippen LogP contribution < -0.4 is 0 Å². The minimum atomic E-state index is 0.669. The lowest BCUT2D eigenvalue weighted by atomic mass is 10.1.